The van der Waals surface area contributed by atoms with E-state index in [2.05, 4.69) is 10.2 Å². The molecule has 2 fully saturated rings. The monoisotopic (exact) mass is 420 g/mol. The van der Waals surface area contributed by atoms with E-state index in [0.717, 1.165) is 49.8 Å². The molecule has 1 amide bonds. The predicted molar refractivity (Wildman–Crippen MR) is 114 cm³/mol. The number of hydrogen-bond acceptors (Lipinski definition) is 6. The van der Waals surface area contributed by atoms with Crippen molar-refractivity contribution >= 4 is 23.6 Å². The summed E-state index contributed by atoms with van der Waals surface area (Å²) >= 11 is 1.59. The molecule has 1 saturated carbocycles. The Labute approximate surface area is 177 Å². The third-order valence-electron chi connectivity index (χ3n) is 5.82. The van der Waals surface area contributed by atoms with Crippen LogP contribution in [-0.4, -0.2) is 67.5 Å². The molecule has 1 aliphatic heterocycles. The molecule has 6 nitrogen and oxygen atoms in total. The van der Waals surface area contributed by atoms with Gasteiger partial charge in [-0.15, -0.1) is 11.8 Å². The topological polar surface area (TPSA) is 67.9 Å². The molecule has 2 aliphatic rings. The molecule has 1 aliphatic carbocycles. The maximum Gasteiger partial charge on any atom is 0.339 e. The maximum absolute atomic E-state index is 12.4. The van der Waals surface area contributed by atoms with Gasteiger partial charge in [-0.2, -0.15) is 0 Å². The third-order valence-corrected chi connectivity index (χ3v) is 6.78. The predicted octanol–water partition coefficient (Wildman–Crippen LogP) is 3.11. The maximum atomic E-state index is 12.4. The summed E-state index contributed by atoms with van der Waals surface area (Å²) in [4.78, 5) is 28.2. The molecule has 1 heterocycles. The van der Waals surface area contributed by atoms with Crippen molar-refractivity contribution < 1.29 is 19.1 Å². The molecular formula is C22H32N2O4S. The highest BCUT2D eigenvalue weighted by Gasteiger charge is 2.38. The molecule has 7 heteroatoms. The number of rotatable bonds is 8. The fraction of sp³-hybridized carbons (Fsp3) is 0.636. The van der Waals surface area contributed by atoms with E-state index in [1.807, 2.05) is 25.1 Å². The largest absolute Gasteiger partial charge is 0.452 e. The van der Waals surface area contributed by atoms with Crippen molar-refractivity contribution in [3.8, 4) is 0 Å². The molecule has 1 aromatic rings. The first-order valence-electron chi connectivity index (χ1n) is 10.6. The van der Waals surface area contributed by atoms with Gasteiger partial charge < -0.3 is 14.8 Å². The van der Waals surface area contributed by atoms with Crippen LogP contribution in [0.3, 0.4) is 0 Å². The highest BCUT2D eigenvalue weighted by molar-refractivity contribution is 7.99. The lowest BCUT2D eigenvalue weighted by Gasteiger charge is -2.48. The van der Waals surface area contributed by atoms with Gasteiger partial charge in [-0.1, -0.05) is 38.3 Å². The number of nitrogens with one attached hydrogen (secondary N) is 1. The summed E-state index contributed by atoms with van der Waals surface area (Å²) < 4.78 is 10.8. The summed E-state index contributed by atoms with van der Waals surface area (Å²) in [5.74, 6) is 0.184. The highest BCUT2D eigenvalue weighted by Crippen LogP contribution is 2.33. The normalized spacial score (nSPS) is 19.5. The van der Waals surface area contributed by atoms with Gasteiger partial charge in [0, 0.05) is 30.1 Å². The van der Waals surface area contributed by atoms with E-state index >= 15 is 0 Å². The molecular weight excluding hydrogens is 388 g/mol. The molecule has 3 rings (SSSR count). The zero-order valence-corrected chi connectivity index (χ0v) is 18.1. The van der Waals surface area contributed by atoms with Crippen LogP contribution in [0, 0.1) is 0 Å². The Morgan fingerprint density at radius 3 is 2.62 bits per heavy atom. The molecule has 1 saturated heterocycles. The van der Waals surface area contributed by atoms with E-state index in [1.54, 1.807) is 17.8 Å². The first-order valence-corrected chi connectivity index (χ1v) is 11.6. The van der Waals surface area contributed by atoms with Gasteiger partial charge in [0.05, 0.1) is 18.8 Å². The number of esters is 1. The molecule has 1 N–H and O–H groups in total. The van der Waals surface area contributed by atoms with Gasteiger partial charge in [0.2, 0.25) is 0 Å². The molecule has 0 unspecified atom stereocenters. The average molecular weight is 421 g/mol. The van der Waals surface area contributed by atoms with Crippen LogP contribution in [-0.2, 0) is 14.3 Å². The molecule has 29 heavy (non-hydrogen) atoms. The minimum atomic E-state index is -0.447. The van der Waals surface area contributed by atoms with E-state index in [1.165, 1.54) is 19.3 Å². The van der Waals surface area contributed by atoms with Crippen molar-refractivity contribution in [3.63, 3.8) is 0 Å². The first-order chi connectivity index (χ1) is 14.1. The van der Waals surface area contributed by atoms with Crippen LogP contribution in [0.4, 0.5) is 0 Å². The smallest absolute Gasteiger partial charge is 0.339 e. The number of nitrogens with zero attached hydrogens (tertiary/aromatic N) is 1. The molecule has 0 radical (unpaired) electrons. The van der Waals surface area contributed by atoms with Crippen molar-refractivity contribution in [2.75, 3.05) is 45.2 Å². The van der Waals surface area contributed by atoms with Gasteiger partial charge in [0.25, 0.3) is 5.91 Å². The number of morpholine rings is 1. The molecule has 0 spiro atoms. The van der Waals surface area contributed by atoms with Crippen molar-refractivity contribution in [3.05, 3.63) is 29.8 Å². The van der Waals surface area contributed by atoms with Gasteiger partial charge >= 0.3 is 5.97 Å². The minimum absolute atomic E-state index is 0.00602. The zero-order valence-electron chi connectivity index (χ0n) is 17.3. The summed E-state index contributed by atoms with van der Waals surface area (Å²) in [6.07, 6.45) is 5.82. The standard InChI is InChI=1S/C22H32N2O4S/c1-2-29-19-9-5-4-8-18(19)21(26)28-16-20(25)23-17-22(10-6-3-7-11-22)24-12-14-27-15-13-24/h4-5,8-9H,2-3,6-7,10-17H2,1H3,(H,23,25). The Morgan fingerprint density at radius 1 is 1.17 bits per heavy atom. The lowest BCUT2D eigenvalue weighted by Crippen LogP contribution is -2.59. The summed E-state index contributed by atoms with van der Waals surface area (Å²) in [5.41, 5.74) is 0.524. The molecule has 0 aromatic heterocycles. The number of carbonyl (C=O) groups excluding carboxylic acids is 2. The number of ether oxygens (including phenoxy) is 2. The van der Waals surface area contributed by atoms with E-state index in [0.29, 0.717) is 12.1 Å². The van der Waals surface area contributed by atoms with Gasteiger partial charge in [-0.25, -0.2) is 4.79 Å². The fourth-order valence-electron chi connectivity index (χ4n) is 4.29. The van der Waals surface area contributed by atoms with Crippen LogP contribution < -0.4 is 5.32 Å². The second kappa shape index (κ2) is 11.0. The van der Waals surface area contributed by atoms with Crippen LogP contribution in [0.1, 0.15) is 49.4 Å². The number of carbonyl (C=O) groups is 2. The molecule has 160 valence electrons. The molecule has 0 atom stereocenters. The Kier molecular flexibility index (Phi) is 8.39. The van der Waals surface area contributed by atoms with Crippen LogP contribution >= 0.6 is 11.8 Å². The second-order valence-corrected chi connectivity index (χ2v) is 8.97. The van der Waals surface area contributed by atoms with Gasteiger partial charge in [-0.3, -0.25) is 9.69 Å². The van der Waals surface area contributed by atoms with Crippen LogP contribution in [0.15, 0.2) is 29.2 Å². The van der Waals surface area contributed by atoms with E-state index in [4.69, 9.17) is 9.47 Å². The summed E-state index contributed by atoms with van der Waals surface area (Å²) in [7, 11) is 0. The number of hydrogen-bond donors (Lipinski definition) is 1. The summed E-state index contributed by atoms with van der Waals surface area (Å²) in [5, 5.41) is 3.03. The minimum Gasteiger partial charge on any atom is -0.452 e. The fourth-order valence-corrected chi connectivity index (χ4v) is 5.08. The Morgan fingerprint density at radius 2 is 1.90 bits per heavy atom. The van der Waals surface area contributed by atoms with Crippen molar-refractivity contribution in [2.45, 2.75) is 49.5 Å². The lowest BCUT2D eigenvalue weighted by molar-refractivity contribution is -0.125. The third kappa shape index (κ3) is 5.96. The van der Waals surface area contributed by atoms with Crippen molar-refractivity contribution in [1.29, 1.82) is 0 Å². The zero-order chi connectivity index (χ0) is 20.5. The molecule has 0 bridgehead atoms. The molecule has 1 aromatic carbocycles. The highest BCUT2D eigenvalue weighted by atomic mass is 32.2. The SMILES string of the molecule is CCSc1ccccc1C(=O)OCC(=O)NCC1(N2CCOCC2)CCCCC1. The van der Waals surface area contributed by atoms with E-state index in [-0.39, 0.29) is 18.1 Å². The lowest BCUT2D eigenvalue weighted by atomic mass is 9.79. The van der Waals surface area contributed by atoms with E-state index in [9.17, 15) is 9.59 Å². The Bertz CT molecular complexity index is 685. The van der Waals surface area contributed by atoms with Crippen LogP contribution in [0.25, 0.3) is 0 Å². The van der Waals surface area contributed by atoms with E-state index < -0.39 is 5.97 Å². The van der Waals surface area contributed by atoms with Crippen molar-refractivity contribution in [1.82, 2.24) is 10.2 Å². The Balaban J connectivity index is 1.52. The number of amides is 1. The number of thioether (sulfide) groups is 1. The van der Waals surface area contributed by atoms with Crippen LogP contribution in [0.2, 0.25) is 0 Å². The Hall–Kier alpha value is -1.57. The summed E-state index contributed by atoms with van der Waals surface area (Å²) in [6, 6.07) is 7.36. The van der Waals surface area contributed by atoms with Crippen LogP contribution in [0.5, 0.6) is 0 Å². The second-order valence-electron chi connectivity index (χ2n) is 7.67. The first kappa shape index (κ1) is 22.1. The van der Waals surface area contributed by atoms with Gasteiger partial charge in [0.15, 0.2) is 6.61 Å². The van der Waals surface area contributed by atoms with Crippen molar-refractivity contribution in [2.24, 2.45) is 0 Å². The van der Waals surface area contributed by atoms with Gasteiger partial charge in [-0.05, 0) is 30.7 Å². The van der Waals surface area contributed by atoms with Gasteiger partial charge in [0.1, 0.15) is 0 Å². The number of benzene rings is 1. The quantitative estimate of drug-likeness (QED) is 0.515. The average Bonchev–Trinajstić information content (AvgIpc) is 2.78. The summed E-state index contributed by atoms with van der Waals surface area (Å²) in [6.45, 7) is 5.73.